The van der Waals surface area contributed by atoms with Gasteiger partial charge in [0.25, 0.3) is 0 Å². The Hall–Kier alpha value is -1.88. The summed E-state index contributed by atoms with van der Waals surface area (Å²) in [5.41, 5.74) is 2.00. The molecule has 1 aliphatic rings. The zero-order chi connectivity index (χ0) is 13.1. The van der Waals surface area contributed by atoms with E-state index in [0.29, 0.717) is 6.42 Å². The fourth-order valence-electron chi connectivity index (χ4n) is 2.18. The van der Waals surface area contributed by atoms with Crippen LogP contribution in [-0.4, -0.2) is 29.6 Å². The van der Waals surface area contributed by atoms with Gasteiger partial charge in [-0.1, -0.05) is 24.3 Å². The quantitative estimate of drug-likeness (QED) is 0.699. The minimum atomic E-state index is -0.608. The number of carbonyl (C=O) groups excluding carboxylic acids is 2. The molecule has 0 unspecified atom stereocenters. The van der Waals surface area contributed by atoms with Crippen molar-refractivity contribution in [3.63, 3.8) is 0 Å². The molecule has 0 spiro atoms. The molecule has 1 aromatic rings. The Morgan fingerprint density at radius 3 is 2.83 bits per heavy atom. The first-order chi connectivity index (χ1) is 8.58. The maximum atomic E-state index is 11.6. The van der Waals surface area contributed by atoms with Crippen molar-refractivity contribution in [2.24, 2.45) is 0 Å². The zero-order valence-corrected chi connectivity index (χ0v) is 10.1. The third-order valence-corrected chi connectivity index (χ3v) is 3.02. The van der Waals surface area contributed by atoms with Gasteiger partial charge in [0.05, 0.1) is 18.7 Å². The van der Waals surface area contributed by atoms with Crippen LogP contribution in [-0.2, 0) is 16.0 Å². The summed E-state index contributed by atoms with van der Waals surface area (Å²) < 4.78 is 0. The first-order valence-electron chi connectivity index (χ1n) is 5.87. The molecule has 0 saturated heterocycles. The van der Waals surface area contributed by atoms with E-state index in [1.807, 2.05) is 24.3 Å². The minimum absolute atomic E-state index is 0.0687. The lowest BCUT2D eigenvalue weighted by Crippen LogP contribution is -2.40. The molecule has 0 radical (unpaired) electrons. The first-order valence-corrected chi connectivity index (χ1v) is 5.87. The van der Waals surface area contributed by atoms with Crippen LogP contribution in [0.2, 0.25) is 0 Å². The molecule has 3 N–H and O–H groups in total. The molecule has 96 valence electrons. The molecule has 0 heterocycles. The Morgan fingerprint density at radius 2 is 2.11 bits per heavy atom. The second-order valence-electron chi connectivity index (χ2n) is 4.43. The monoisotopic (exact) mass is 248 g/mol. The third kappa shape index (κ3) is 2.68. The van der Waals surface area contributed by atoms with Crippen molar-refractivity contribution in [1.82, 2.24) is 10.6 Å². The van der Waals surface area contributed by atoms with Crippen LogP contribution >= 0.6 is 0 Å². The van der Waals surface area contributed by atoms with E-state index >= 15 is 0 Å². The smallest absolute Gasteiger partial charge is 0.239 e. The molecule has 2 amide bonds. The lowest BCUT2D eigenvalue weighted by atomic mass is 10.1. The predicted molar refractivity (Wildman–Crippen MR) is 65.7 cm³/mol. The summed E-state index contributed by atoms with van der Waals surface area (Å²) in [5, 5.41) is 15.1. The highest BCUT2D eigenvalue weighted by atomic mass is 16.3. The van der Waals surface area contributed by atoms with E-state index in [9.17, 15) is 14.7 Å². The second kappa shape index (κ2) is 5.18. The number of aliphatic hydroxyl groups is 1. The Balaban J connectivity index is 2.01. The summed E-state index contributed by atoms with van der Waals surface area (Å²) in [6.07, 6.45) is -0.0648. The van der Waals surface area contributed by atoms with Crippen LogP contribution in [0.15, 0.2) is 24.3 Å². The van der Waals surface area contributed by atoms with Crippen LogP contribution < -0.4 is 10.6 Å². The van der Waals surface area contributed by atoms with Gasteiger partial charge in [0.15, 0.2) is 0 Å². The Bertz CT molecular complexity index is 473. The van der Waals surface area contributed by atoms with Crippen molar-refractivity contribution >= 4 is 11.8 Å². The van der Waals surface area contributed by atoms with Gasteiger partial charge < -0.3 is 15.7 Å². The molecule has 0 bridgehead atoms. The molecule has 18 heavy (non-hydrogen) atoms. The number of benzene rings is 1. The minimum Gasteiger partial charge on any atom is -0.390 e. The maximum absolute atomic E-state index is 11.6. The van der Waals surface area contributed by atoms with Crippen LogP contribution in [0.1, 0.15) is 24.1 Å². The van der Waals surface area contributed by atoms with Crippen LogP contribution in [0.3, 0.4) is 0 Å². The first kappa shape index (κ1) is 12.6. The summed E-state index contributed by atoms with van der Waals surface area (Å²) in [7, 11) is 0. The molecule has 5 nitrogen and oxygen atoms in total. The third-order valence-electron chi connectivity index (χ3n) is 3.02. The number of hydrogen-bond acceptors (Lipinski definition) is 3. The molecule has 0 aliphatic heterocycles. The summed E-state index contributed by atoms with van der Waals surface area (Å²) in [5.74, 6) is -0.552. The second-order valence-corrected chi connectivity index (χ2v) is 4.43. The lowest BCUT2D eigenvalue weighted by molar-refractivity contribution is -0.125. The number of aliphatic hydroxyl groups excluding tert-OH is 1. The van der Waals surface area contributed by atoms with E-state index in [1.165, 1.54) is 6.92 Å². The van der Waals surface area contributed by atoms with E-state index in [1.54, 1.807) is 0 Å². The lowest BCUT2D eigenvalue weighted by Gasteiger charge is -2.17. The fourth-order valence-corrected chi connectivity index (χ4v) is 2.18. The van der Waals surface area contributed by atoms with E-state index < -0.39 is 6.10 Å². The topological polar surface area (TPSA) is 78.4 Å². The van der Waals surface area contributed by atoms with E-state index in [2.05, 4.69) is 10.6 Å². The van der Waals surface area contributed by atoms with Gasteiger partial charge in [0, 0.05) is 13.3 Å². The summed E-state index contributed by atoms with van der Waals surface area (Å²) in [6, 6.07) is 7.24. The molecule has 5 heteroatoms. The standard InChI is InChI=1S/C13H16N2O3/c1-8(16)14-7-12(18)15-13-10-5-3-2-4-9(10)6-11(13)17/h2-5,11,13,17H,6-7H2,1H3,(H,14,16)(H,15,18)/t11-,13+/m1/s1. The van der Waals surface area contributed by atoms with Gasteiger partial charge >= 0.3 is 0 Å². The van der Waals surface area contributed by atoms with Gasteiger partial charge in [-0.2, -0.15) is 0 Å². The largest absolute Gasteiger partial charge is 0.390 e. The SMILES string of the molecule is CC(=O)NCC(=O)N[C@H]1c2ccccc2C[C@H]1O. The molecule has 0 aromatic heterocycles. The van der Waals surface area contributed by atoms with Crippen molar-refractivity contribution in [1.29, 1.82) is 0 Å². The molecule has 1 aliphatic carbocycles. The van der Waals surface area contributed by atoms with Gasteiger partial charge in [0.1, 0.15) is 0 Å². The molecular formula is C13H16N2O3. The maximum Gasteiger partial charge on any atom is 0.239 e. The molecular weight excluding hydrogens is 232 g/mol. The van der Waals surface area contributed by atoms with Crippen molar-refractivity contribution in [2.45, 2.75) is 25.5 Å². The molecule has 0 saturated carbocycles. The Kier molecular flexibility index (Phi) is 3.62. The molecule has 2 atom stereocenters. The van der Waals surface area contributed by atoms with Gasteiger partial charge in [0.2, 0.25) is 11.8 Å². The number of hydrogen-bond donors (Lipinski definition) is 3. The number of amides is 2. The number of nitrogens with one attached hydrogen (secondary N) is 2. The normalized spacial score (nSPS) is 21.2. The highest BCUT2D eigenvalue weighted by Crippen LogP contribution is 2.30. The van der Waals surface area contributed by atoms with Gasteiger partial charge in [-0.25, -0.2) is 0 Å². The molecule has 1 aromatic carbocycles. The Labute approximate surface area is 105 Å². The average Bonchev–Trinajstić information content (AvgIpc) is 2.64. The van der Waals surface area contributed by atoms with Crippen LogP contribution in [0.4, 0.5) is 0 Å². The van der Waals surface area contributed by atoms with Crippen molar-refractivity contribution in [2.75, 3.05) is 6.54 Å². The van der Waals surface area contributed by atoms with E-state index in [-0.39, 0.29) is 24.4 Å². The number of fused-ring (bicyclic) bond motifs is 1. The van der Waals surface area contributed by atoms with Gasteiger partial charge in [-0.05, 0) is 11.1 Å². The zero-order valence-electron chi connectivity index (χ0n) is 10.1. The molecule has 2 rings (SSSR count). The van der Waals surface area contributed by atoms with Crippen LogP contribution in [0.5, 0.6) is 0 Å². The van der Waals surface area contributed by atoms with E-state index in [0.717, 1.165) is 11.1 Å². The number of rotatable bonds is 3. The summed E-state index contributed by atoms with van der Waals surface area (Å²) in [4.78, 5) is 22.3. The van der Waals surface area contributed by atoms with Crippen LogP contribution in [0, 0.1) is 0 Å². The van der Waals surface area contributed by atoms with Crippen LogP contribution in [0.25, 0.3) is 0 Å². The van der Waals surface area contributed by atoms with Crippen molar-refractivity contribution < 1.29 is 14.7 Å². The van der Waals surface area contributed by atoms with Crippen molar-refractivity contribution in [3.05, 3.63) is 35.4 Å². The van der Waals surface area contributed by atoms with Crippen molar-refractivity contribution in [3.8, 4) is 0 Å². The highest BCUT2D eigenvalue weighted by Gasteiger charge is 2.31. The molecule has 0 fully saturated rings. The highest BCUT2D eigenvalue weighted by molar-refractivity contribution is 5.84. The van der Waals surface area contributed by atoms with Gasteiger partial charge in [-0.3, -0.25) is 9.59 Å². The predicted octanol–water partition coefficient (Wildman–Crippen LogP) is -0.103. The fraction of sp³-hybridized carbons (Fsp3) is 0.385. The summed E-state index contributed by atoms with van der Waals surface area (Å²) in [6.45, 7) is 1.29. The summed E-state index contributed by atoms with van der Waals surface area (Å²) >= 11 is 0. The average molecular weight is 248 g/mol. The Morgan fingerprint density at radius 1 is 1.39 bits per heavy atom. The van der Waals surface area contributed by atoms with Gasteiger partial charge in [-0.15, -0.1) is 0 Å². The number of carbonyl (C=O) groups is 2. The van der Waals surface area contributed by atoms with E-state index in [4.69, 9.17) is 0 Å².